The van der Waals surface area contributed by atoms with Gasteiger partial charge in [-0.25, -0.2) is 9.18 Å². The third-order valence-corrected chi connectivity index (χ3v) is 8.34. The van der Waals surface area contributed by atoms with Gasteiger partial charge in [-0.05, 0) is 93.8 Å². The van der Waals surface area contributed by atoms with Crippen LogP contribution in [0.3, 0.4) is 0 Å². The second-order valence-electron chi connectivity index (χ2n) is 10.3. The lowest BCUT2D eigenvalue weighted by molar-refractivity contribution is 0.105. The van der Waals surface area contributed by atoms with E-state index >= 15 is 0 Å². The SMILES string of the molecule is COC(=O)N[C@H]1CCC[C@@H]1[C@](C#N)(c1cccc(F)c1)C1CCN(CCCCc2ccccc2)CC1. The lowest BCUT2D eigenvalue weighted by Gasteiger charge is -2.46. The number of carbonyl (C=O) groups is 1. The maximum atomic E-state index is 14.4. The minimum Gasteiger partial charge on any atom is -0.453 e. The molecule has 1 aliphatic carbocycles. The second kappa shape index (κ2) is 12.4. The molecular weight excluding hydrogens is 453 g/mol. The number of methoxy groups -OCH3 is 1. The van der Waals surface area contributed by atoms with Crippen molar-refractivity contribution in [1.82, 2.24) is 10.2 Å². The van der Waals surface area contributed by atoms with E-state index in [1.165, 1.54) is 24.8 Å². The van der Waals surface area contributed by atoms with Gasteiger partial charge in [0.1, 0.15) is 5.82 Å². The number of nitriles is 1. The zero-order valence-electron chi connectivity index (χ0n) is 21.3. The number of alkyl carbamates (subject to hydrolysis) is 1. The zero-order chi connectivity index (χ0) is 25.4. The Balaban J connectivity index is 1.45. The molecule has 2 aromatic rings. The summed E-state index contributed by atoms with van der Waals surface area (Å²) in [7, 11) is 1.36. The number of ether oxygens (including phenoxy) is 1. The van der Waals surface area contributed by atoms with Crippen LogP contribution in [-0.2, 0) is 16.6 Å². The van der Waals surface area contributed by atoms with E-state index in [0.29, 0.717) is 0 Å². The van der Waals surface area contributed by atoms with E-state index in [1.54, 1.807) is 6.07 Å². The van der Waals surface area contributed by atoms with Crippen LogP contribution in [0.15, 0.2) is 54.6 Å². The van der Waals surface area contributed by atoms with Crippen LogP contribution in [0.25, 0.3) is 0 Å². The fourth-order valence-corrected chi connectivity index (χ4v) is 6.55. The molecule has 4 rings (SSSR count). The monoisotopic (exact) mass is 491 g/mol. The Kier molecular flexibility index (Phi) is 8.98. The van der Waals surface area contributed by atoms with Gasteiger partial charge >= 0.3 is 6.09 Å². The third-order valence-electron chi connectivity index (χ3n) is 8.34. The van der Waals surface area contributed by atoms with Crippen LogP contribution >= 0.6 is 0 Å². The maximum Gasteiger partial charge on any atom is 0.407 e. The topological polar surface area (TPSA) is 65.4 Å². The van der Waals surface area contributed by atoms with E-state index in [0.717, 1.165) is 76.6 Å². The predicted octanol–water partition coefficient (Wildman–Crippen LogP) is 5.85. The number of halogens is 1. The van der Waals surface area contributed by atoms with Crippen LogP contribution in [-0.4, -0.2) is 43.8 Å². The first kappa shape index (κ1) is 26.2. The van der Waals surface area contributed by atoms with Crippen LogP contribution in [0.2, 0.25) is 0 Å². The van der Waals surface area contributed by atoms with Crippen molar-refractivity contribution in [1.29, 1.82) is 5.26 Å². The Morgan fingerprint density at radius 1 is 1.11 bits per heavy atom. The Bertz CT molecular complexity index is 1030. The number of carbonyl (C=O) groups excluding carboxylic acids is 1. The highest BCUT2D eigenvalue weighted by Gasteiger charge is 2.52. The Morgan fingerprint density at radius 3 is 2.58 bits per heavy atom. The summed E-state index contributed by atoms with van der Waals surface area (Å²) in [5.41, 5.74) is 1.29. The van der Waals surface area contributed by atoms with Crippen molar-refractivity contribution in [3.63, 3.8) is 0 Å². The van der Waals surface area contributed by atoms with Gasteiger partial charge in [0.2, 0.25) is 0 Å². The standard InChI is InChI=1S/C30H38FN3O2/c1-36-29(35)33-28-15-8-14-27(28)30(22-32,25-12-7-13-26(31)21-25)24-16-19-34(20-17-24)18-6-5-11-23-9-3-2-4-10-23/h2-4,7,9-10,12-13,21,24,27-28H,5-6,8,11,14-20H2,1H3,(H,33,35)/t27-,28-,30-/m0/s1. The Morgan fingerprint density at radius 2 is 1.89 bits per heavy atom. The number of hydrogen-bond acceptors (Lipinski definition) is 4. The molecule has 2 aromatic carbocycles. The molecule has 0 radical (unpaired) electrons. The molecule has 0 unspecified atom stereocenters. The van der Waals surface area contributed by atoms with Crippen LogP contribution in [0, 0.1) is 29.0 Å². The molecule has 5 nitrogen and oxygen atoms in total. The third kappa shape index (κ3) is 5.90. The number of unbranched alkanes of at least 4 members (excludes halogenated alkanes) is 1. The molecule has 1 N–H and O–H groups in total. The highest BCUT2D eigenvalue weighted by Crippen LogP contribution is 2.50. The van der Waals surface area contributed by atoms with E-state index in [1.807, 2.05) is 6.07 Å². The van der Waals surface area contributed by atoms with Gasteiger partial charge in [-0.15, -0.1) is 0 Å². The van der Waals surface area contributed by atoms with Crippen molar-refractivity contribution >= 4 is 6.09 Å². The van der Waals surface area contributed by atoms with Crippen LogP contribution in [0.5, 0.6) is 0 Å². The summed E-state index contributed by atoms with van der Waals surface area (Å²) in [5, 5.41) is 13.7. The number of rotatable bonds is 9. The molecule has 192 valence electrons. The van der Waals surface area contributed by atoms with Crippen molar-refractivity contribution in [2.75, 3.05) is 26.7 Å². The normalized spacial score (nSPS) is 22.5. The average Bonchev–Trinajstić information content (AvgIpc) is 3.37. The first-order valence-corrected chi connectivity index (χ1v) is 13.3. The zero-order valence-corrected chi connectivity index (χ0v) is 21.3. The lowest BCUT2D eigenvalue weighted by Crippen LogP contribution is -2.52. The van der Waals surface area contributed by atoms with Gasteiger partial charge in [0.15, 0.2) is 0 Å². The van der Waals surface area contributed by atoms with Crippen LogP contribution in [0.1, 0.15) is 56.1 Å². The second-order valence-corrected chi connectivity index (χ2v) is 10.3. The molecule has 1 saturated heterocycles. The molecule has 2 aliphatic rings. The molecule has 1 aliphatic heterocycles. The number of amides is 1. The molecule has 3 atom stereocenters. The van der Waals surface area contributed by atoms with Crippen molar-refractivity contribution in [3.8, 4) is 6.07 Å². The van der Waals surface area contributed by atoms with E-state index in [-0.39, 0.29) is 23.7 Å². The summed E-state index contributed by atoms with van der Waals surface area (Å²) >= 11 is 0. The summed E-state index contributed by atoms with van der Waals surface area (Å²) in [5.74, 6) is -0.292. The fraction of sp³-hybridized carbons (Fsp3) is 0.533. The number of likely N-dealkylation sites (tertiary alicyclic amines) is 1. The van der Waals surface area contributed by atoms with Crippen molar-refractivity contribution in [3.05, 3.63) is 71.5 Å². The van der Waals surface area contributed by atoms with Crippen LogP contribution in [0.4, 0.5) is 9.18 Å². The lowest BCUT2D eigenvalue weighted by atomic mass is 9.59. The van der Waals surface area contributed by atoms with Crippen molar-refractivity contribution in [2.45, 2.75) is 62.8 Å². The first-order valence-electron chi connectivity index (χ1n) is 13.3. The molecule has 0 spiro atoms. The minimum absolute atomic E-state index is 0.0779. The molecule has 0 bridgehead atoms. The van der Waals surface area contributed by atoms with E-state index in [2.05, 4.69) is 46.6 Å². The summed E-state index contributed by atoms with van der Waals surface area (Å²) in [6.45, 7) is 2.95. The number of piperidine rings is 1. The van der Waals surface area contributed by atoms with Gasteiger partial charge in [0.25, 0.3) is 0 Å². The summed E-state index contributed by atoms with van der Waals surface area (Å²) in [4.78, 5) is 14.6. The first-order chi connectivity index (χ1) is 17.6. The molecule has 0 aromatic heterocycles. The highest BCUT2D eigenvalue weighted by molar-refractivity contribution is 5.67. The van der Waals surface area contributed by atoms with Gasteiger partial charge in [-0.2, -0.15) is 5.26 Å². The predicted molar refractivity (Wildman–Crippen MR) is 139 cm³/mol. The van der Waals surface area contributed by atoms with Crippen molar-refractivity contribution in [2.24, 2.45) is 11.8 Å². The minimum atomic E-state index is -0.844. The van der Waals surface area contributed by atoms with Gasteiger partial charge in [-0.1, -0.05) is 48.9 Å². The summed E-state index contributed by atoms with van der Waals surface area (Å²) in [6, 6.07) is 19.7. The number of benzene rings is 2. The van der Waals surface area contributed by atoms with Gasteiger partial charge in [0.05, 0.1) is 18.6 Å². The number of aryl methyl sites for hydroxylation is 1. The molecule has 36 heavy (non-hydrogen) atoms. The largest absolute Gasteiger partial charge is 0.453 e. The molecule has 6 heteroatoms. The molecule has 1 heterocycles. The number of hydrogen-bond donors (Lipinski definition) is 1. The van der Waals surface area contributed by atoms with Crippen molar-refractivity contribution < 1.29 is 13.9 Å². The van der Waals surface area contributed by atoms with E-state index < -0.39 is 11.5 Å². The quantitative estimate of drug-likeness (QED) is 0.447. The Labute approximate surface area is 214 Å². The number of nitrogens with zero attached hydrogens (tertiary/aromatic N) is 2. The van der Waals surface area contributed by atoms with Crippen LogP contribution < -0.4 is 5.32 Å². The number of nitrogens with one attached hydrogen (secondary N) is 1. The maximum absolute atomic E-state index is 14.4. The van der Waals surface area contributed by atoms with E-state index in [9.17, 15) is 14.4 Å². The van der Waals surface area contributed by atoms with Gasteiger partial charge in [0, 0.05) is 12.0 Å². The highest BCUT2D eigenvalue weighted by atomic mass is 19.1. The van der Waals surface area contributed by atoms with E-state index in [4.69, 9.17) is 4.74 Å². The molecule has 2 fully saturated rings. The Hall–Kier alpha value is -2.91. The molecule has 1 saturated carbocycles. The smallest absolute Gasteiger partial charge is 0.407 e. The van der Waals surface area contributed by atoms with Gasteiger partial charge < -0.3 is 15.0 Å². The molecule has 1 amide bonds. The molecular formula is C30H38FN3O2. The average molecular weight is 492 g/mol. The summed E-state index contributed by atoms with van der Waals surface area (Å²) < 4.78 is 19.3. The van der Waals surface area contributed by atoms with Gasteiger partial charge in [-0.3, -0.25) is 0 Å². The summed E-state index contributed by atoms with van der Waals surface area (Å²) in [6.07, 6.45) is 7.30. The fourth-order valence-electron chi connectivity index (χ4n) is 6.55.